The zero-order valence-corrected chi connectivity index (χ0v) is 18.5. The van der Waals surface area contributed by atoms with E-state index in [0.29, 0.717) is 30.6 Å². The van der Waals surface area contributed by atoms with E-state index < -0.39 is 0 Å². The van der Waals surface area contributed by atoms with Crippen LogP contribution in [0.5, 0.6) is 5.75 Å². The second kappa shape index (κ2) is 9.90. The minimum absolute atomic E-state index is 0.0452. The van der Waals surface area contributed by atoms with Gasteiger partial charge in [-0.05, 0) is 48.7 Å². The maximum atomic E-state index is 13.1. The topological polar surface area (TPSA) is 42.4 Å². The van der Waals surface area contributed by atoms with Gasteiger partial charge in [0.1, 0.15) is 17.4 Å². The Kier molecular flexibility index (Phi) is 7.29. The molecule has 6 heteroatoms. The van der Waals surface area contributed by atoms with Crippen molar-refractivity contribution in [3.8, 4) is 5.75 Å². The number of benzene rings is 2. The number of halogens is 1. The number of hydrogen-bond acceptors (Lipinski definition) is 4. The maximum Gasteiger partial charge on any atom is 0.254 e. The van der Waals surface area contributed by atoms with Crippen molar-refractivity contribution in [2.75, 3.05) is 6.54 Å². The molecule has 0 aliphatic heterocycles. The SMILES string of the molecule is Cc1ccccc1C(=O)N(Cc1csc(COc2ccc(Cl)cc2)n1)CC(C)C. The lowest BCUT2D eigenvalue weighted by atomic mass is 10.1. The molecular weight excluding hydrogens is 404 g/mol. The Morgan fingerprint density at radius 1 is 1.17 bits per heavy atom. The highest BCUT2D eigenvalue weighted by Gasteiger charge is 2.20. The number of thiazole rings is 1. The summed E-state index contributed by atoms with van der Waals surface area (Å²) in [4.78, 5) is 19.7. The molecule has 29 heavy (non-hydrogen) atoms. The molecule has 0 fully saturated rings. The van der Waals surface area contributed by atoms with E-state index in [9.17, 15) is 4.79 Å². The number of aryl methyl sites for hydroxylation is 1. The molecule has 152 valence electrons. The normalized spacial score (nSPS) is 10.9. The van der Waals surface area contributed by atoms with Gasteiger partial charge in [-0.15, -0.1) is 11.3 Å². The van der Waals surface area contributed by atoms with Crippen molar-refractivity contribution in [1.29, 1.82) is 0 Å². The lowest BCUT2D eigenvalue weighted by Crippen LogP contribution is -2.34. The van der Waals surface area contributed by atoms with Gasteiger partial charge in [0.15, 0.2) is 0 Å². The second-order valence-electron chi connectivity index (χ2n) is 7.37. The fourth-order valence-corrected chi connectivity index (χ4v) is 3.82. The average Bonchev–Trinajstić information content (AvgIpc) is 3.14. The van der Waals surface area contributed by atoms with Gasteiger partial charge in [0.05, 0.1) is 12.2 Å². The zero-order valence-electron chi connectivity index (χ0n) is 16.9. The van der Waals surface area contributed by atoms with Gasteiger partial charge in [-0.25, -0.2) is 4.98 Å². The van der Waals surface area contributed by atoms with Crippen LogP contribution in [0.25, 0.3) is 0 Å². The van der Waals surface area contributed by atoms with Gasteiger partial charge in [0, 0.05) is 22.5 Å². The number of carbonyl (C=O) groups is 1. The molecule has 4 nitrogen and oxygen atoms in total. The summed E-state index contributed by atoms with van der Waals surface area (Å²) in [6.07, 6.45) is 0. The molecule has 0 radical (unpaired) electrons. The monoisotopic (exact) mass is 428 g/mol. The van der Waals surface area contributed by atoms with Crippen molar-refractivity contribution in [1.82, 2.24) is 9.88 Å². The first-order valence-electron chi connectivity index (χ1n) is 9.59. The molecule has 1 aromatic heterocycles. The number of ether oxygens (including phenoxy) is 1. The van der Waals surface area contributed by atoms with Gasteiger partial charge in [-0.3, -0.25) is 4.79 Å². The summed E-state index contributed by atoms with van der Waals surface area (Å²) in [5.74, 6) is 1.17. The molecule has 0 unspecified atom stereocenters. The van der Waals surface area contributed by atoms with E-state index >= 15 is 0 Å². The lowest BCUT2D eigenvalue weighted by Gasteiger charge is -2.24. The largest absolute Gasteiger partial charge is 0.486 e. The number of amides is 1. The molecule has 0 aliphatic carbocycles. The van der Waals surface area contributed by atoms with Crippen LogP contribution in [0.2, 0.25) is 5.02 Å². The van der Waals surface area contributed by atoms with Gasteiger partial charge < -0.3 is 9.64 Å². The number of hydrogen-bond donors (Lipinski definition) is 0. The van der Waals surface area contributed by atoms with E-state index in [1.165, 1.54) is 0 Å². The van der Waals surface area contributed by atoms with Gasteiger partial charge in [0.25, 0.3) is 5.91 Å². The van der Waals surface area contributed by atoms with Crippen LogP contribution in [0, 0.1) is 12.8 Å². The molecule has 0 N–H and O–H groups in total. The summed E-state index contributed by atoms with van der Waals surface area (Å²) in [6.45, 7) is 7.76. The van der Waals surface area contributed by atoms with E-state index in [1.807, 2.05) is 53.6 Å². The number of rotatable bonds is 8. The van der Waals surface area contributed by atoms with E-state index in [2.05, 4.69) is 18.8 Å². The van der Waals surface area contributed by atoms with Crippen molar-refractivity contribution < 1.29 is 9.53 Å². The fraction of sp³-hybridized carbons (Fsp3) is 0.304. The lowest BCUT2D eigenvalue weighted by molar-refractivity contribution is 0.0720. The predicted molar refractivity (Wildman–Crippen MR) is 119 cm³/mol. The number of carbonyl (C=O) groups excluding carboxylic acids is 1. The maximum absolute atomic E-state index is 13.1. The van der Waals surface area contributed by atoms with Crippen LogP contribution in [0.4, 0.5) is 0 Å². The van der Waals surface area contributed by atoms with Crippen molar-refractivity contribution >= 4 is 28.8 Å². The third-order valence-electron chi connectivity index (χ3n) is 4.38. The van der Waals surface area contributed by atoms with Gasteiger partial charge in [-0.2, -0.15) is 0 Å². The molecule has 3 aromatic rings. The van der Waals surface area contributed by atoms with Crippen LogP contribution in [-0.4, -0.2) is 22.3 Å². The van der Waals surface area contributed by atoms with E-state index in [-0.39, 0.29) is 5.91 Å². The Bertz CT molecular complexity index is 954. The van der Waals surface area contributed by atoms with E-state index in [0.717, 1.165) is 27.6 Å². The van der Waals surface area contributed by atoms with Crippen LogP contribution >= 0.6 is 22.9 Å². The van der Waals surface area contributed by atoms with Crippen LogP contribution in [0.3, 0.4) is 0 Å². The Hall–Kier alpha value is -2.37. The zero-order chi connectivity index (χ0) is 20.8. The highest BCUT2D eigenvalue weighted by atomic mass is 35.5. The van der Waals surface area contributed by atoms with Crippen molar-refractivity contribution in [2.24, 2.45) is 5.92 Å². The Balaban J connectivity index is 1.67. The quantitative estimate of drug-likeness (QED) is 0.443. The molecule has 0 atom stereocenters. The molecule has 0 saturated heterocycles. The first kappa shape index (κ1) is 21.3. The molecule has 0 spiro atoms. The van der Waals surface area contributed by atoms with Crippen LogP contribution in [-0.2, 0) is 13.2 Å². The molecule has 0 bridgehead atoms. The van der Waals surface area contributed by atoms with Crippen LogP contribution in [0.15, 0.2) is 53.9 Å². The molecule has 3 rings (SSSR count). The predicted octanol–water partition coefficient (Wildman–Crippen LogP) is 5.98. The highest BCUT2D eigenvalue weighted by molar-refractivity contribution is 7.09. The average molecular weight is 429 g/mol. The molecule has 0 saturated carbocycles. The molecular formula is C23H25ClN2O2S. The Morgan fingerprint density at radius 3 is 2.59 bits per heavy atom. The summed E-state index contributed by atoms with van der Waals surface area (Å²) in [6, 6.07) is 15.0. The molecule has 0 aliphatic rings. The number of aromatic nitrogens is 1. The second-order valence-corrected chi connectivity index (χ2v) is 8.75. The summed E-state index contributed by atoms with van der Waals surface area (Å²) >= 11 is 7.44. The molecule has 1 heterocycles. The molecule has 1 amide bonds. The first-order chi connectivity index (χ1) is 13.9. The third-order valence-corrected chi connectivity index (χ3v) is 5.50. The Labute approximate surface area is 181 Å². The molecule has 2 aromatic carbocycles. The fourth-order valence-electron chi connectivity index (χ4n) is 3.00. The standard InChI is InChI=1S/C23H25ClN2O2S/c1-16(2)12-26(23(27)21-7-5-4-6-17(21)3)13-19-15-29-22(25-19)14-28-20-10-8-18(24)9-11-20/h4-11,15-16H,12-14H2,1-3H3. The van der Waals surface area contributed by atoms with Crippen LogP contribution < -0.4 is 4.74 Å². The minimum Gasteiger partial charge on any atom is -0.486 e. The van der Waals surface area contributed by atoms with E-state index in [4.69, 9.17) is 16.3 Å². The van der Waals surface area contributed by atoms with Gasteiger partial charge in [-0.1, -0.05) is 43.6 Å². The smallest absolute Gasteiger partial charge is 0.254 e. The van der Waals surface area contributed by atoms with Gasteiger partial charge >= 0.3 is 0 Å². The van der Waals surface area contributed by atoms with Crippen molar-refractivity contribution in [2.45, 2.75) is 33.9 Å². The minimum atomic E-state index is 0.0452. The van der Waals surface area contributed by atoms with E-state index in [1.54, 1.807) is 23.5 Å². The summed E-state index contributed by atoms with van der Waals surface area (Å²) < 4.78 is 5.77. The summed E-state index contributed by atoms with van der Waals surface area (Å²) in [5.41, 5.74) is 2.61. The highest BCUT2D eigenvalue weighted by Crippen LogP contribution is 2.20. The van der Waals surface area contributed by atoms with Crippen molar-refractivity contribution in [3.63, 3.8) is 0 Å². The third kappa shape index (κ3) is 6.05. The number of nitrogens with zero attached hydrogens (tertiary/aromatic N) is 2. The summed E-state index contributed by atoms with van der Waals surface area (Å²) in [5, 5.41) is 3.55. The summed E-state index contributed by atoms with van der Waals surface area (Å²) in [7, 11) is 0. The Morgan fingerprint density at radius 2 is 1.90 bits per heavy atom. The van der Waals surface area contributed by atoms with Crippen LogP contribution in [0.1, 0.15) is 40.5 Å². The van der Waals surface area contributed by atoms with Gasteiger partial charge in [0.2, 0.25) is 0 Å². The first-order valence-corrected chi connectivity index (χ1v) is 10.8. The van der Waals surface area contributed by atoms with Crippen molar-refractivity contribution in [3.05, 3.63) is 80.8 Å².